The molecule has 1 aliphatic heterocycles. The van der Waals surface area contributed by atoms with E-state index < -0.39 is 17.8 Å². The second-order valence-electron chi connectivity index (χ2n) is 5.01. The van der Waals surface area contributed by atoms with E-state index in [1.807, 2.05) is 0 Å². The summed E-state index contributed by atoms with van der Waals surface area (Å²) in [6.07, 6.45) is 2.04. The molecule has 22 heavy (non-hydrogen) atoms. The Balaban J connectivity index is 1.85. The van der Waals surface area contributed by atoms with Gasteiger partial charge in [0.25, 0.3) is 11.8 Å². The van der Waals surface area contributed by atoms with Gasteiger partial charge in [-0.05, 0) is 25.0 Å². The van der Waals surface area contributed by atoms with Gasteiger partial charge in [0.2, 0.25) is 0 Å². The number of carbonyl (C=O) groups is 4. The van der Waals surface area contributed by atoms with Crippen LogP contribution in [0, 0.1) is 0 Å². The lowest BCUT2D eigenvalue weighted by molar-refractivity contribution is -0.168. The van der Waals surface area contributed by atoms with E-state index in [0.717, 1.165) is 0 Å². The molecule has 0 radical (unpaired) electrons. The summed E-state index contributed by atoms with van der Waals surface area (Å²) in [5.74, 6) is -1.77. The topological polar surface area (TPSA) is 80.8 Å². The zero-order chi connectivity index (χ0) is 16.1. The minimum absolute atomic E-state index is 0.0599. The largest absolute Gasteiger partial charge is 0.333 e. The third-order valence-electron chi connectivity index (χ3n) is 3.43. The molecule has 0 unspecified atom stereocenters. The fraction of sp³-hybridized carbons (Fsp3) is 0.375. The predicted octanol–water partition coefficient (Wildman–Crippen LogP) is 2.28. The molecular formula is C16H17NO5. The minimum atomic E-state index is -0.654. The number of unbranched alkanes of at least 4 members (excludes halogenated alkanes) is 1. The van der Waals surface area contributed by atoms with Crippen LogP contribution in [0.15, 0.2) is 24.3 Å². The van der Waals surface area contributed by atoms with Crippen molar-refractivity contribution >= 4 is 23.6 Å². The number of carbonyl (C=O) groups excluding carboxylic acids is 4. The van der Waals surface area contributed by atoms with Gasteiger partial charge in [0.15, 0.2) is 0 Å². The molecular weight excluding hydrogens is 286 g/mol. The molecule has 0 aromatic heterocycles. The molecule has 116 valence electrons. The van der Waals surface area contributed by atoms with Crippen LogP contribution in [-0.2, 0) is 14.4 Å². The molecule has 6 nitrogen and oxygen atoms in total. The Bertz CT molecular complexity index is 588. The lowest BCUT2D eigenvalue weighted by Crippen LogP contribution is -2.32. The molecule has 1 heterocycles. The van der Waals surface area contributed by atoms with Crippen molar-refractivity contribution in [2.24, 2.45) is 0 Å². The van der Waals surface area contributed by atoms with Crippen LogP contribution in [0.3, 0.4) is 0 Å². The van der Waals surface area contributed by atoms with Gasteiger partial charge in [-0.2, -0.15) is 0 Å². The van der Waals surface area contributed by atoms with Crippen LogP contribution in [0.2, 0.25) is 0 Å². The smallest absolute Gasteiger partial charge is 0.330 e. The maximum atomic E-state index is 12.0. The zero-order valence-electron chi connectivity index (χ0n) is 12.3. The maximum absolute atomic E-state index is 12.0. The highest BCUT2D eigenvalue weighted by molar-refractivity contribution is 6.20. The molecule has 0 saturated heterocycles. The van der Waals surface area contributed by atoms with Crippen molar-refractivity contribution in [2.45, 2.75) is 39.0 Å². The van der Waals surface area contributed by atoms with Crippen molar-refractivity contribution in [1.29, 1.82) is 0 Å². The lowest BCUT2D eigenvalue weighted by Gasteiger charge is -2.12. The first-order valence-corrected chi connectivity index (χ1v) is 7.25. The van der Waals surface area contributed by atoms with E-state index in [2.05, 4.69) is 0 Å². The van der Waals surface area contributed by atoms with Crippen LogP contribution < -0.4 is 0 Å². The number of hydrogen-bond acceptors (Lipinski definition) is 5. The van der Waals surface area contributed by atoms with E-state index in [1.165, 1.54) is 12.1 Å². The molecule has 1 aliphatic rings. The Hall–Kier alpha value is -2.50. The first-order valence-electron chi connectivity index (χ1n) is 7.25. The van der Waals surface area contributed by atoms with E-state index in [0.29, 0.717) is 30.7 Å². The number of rotatable bonds is 7. The van der Waals surface area contributed by atoms with Crippen molar-refractivity contribution in [2.75, 3.05) is 0 Å². The molecule has 0 N–H and O–H groups in total. The third-order valence-corrected chi connectivity index (χ3v) is 3.43. The molecule has 0 spiro atoms. The normalized spacial score (nSPS) is 13.2. The van der Waals surface area contributed by atoms with E-state index in [9.17, 15) is 19.2 Å². The van der Waals surface area contributed by atoms with Crippen LogP contribution in [-0.4, -0.2) is 28.6 Å². The number of nitrogens with zero attached hydrogens (tertiary/aromatic N) is 1. The molecule has 1 aromatic carbocycles. The highest BCUT2D eigenvalue weighted by atomic mass is 16.7. The number of hydrogen-bond donors (Lipinski definition) is 0. The molecule has 0 aliphatic carbocycles. The highest BCUT2D eigenvalue weighted by Gasteiger charge is 2.38. The SMILES string of the molecule is CCC(=O)CCCCC(=O)ON1C(=O)c2ccccc2C1=O. The fourth-order valence-corrected chi connectivity index (χ4v) is 2.17. The van der Waals surface area contributed by atoms with Crippen LogP contribution in [0.5, 0.6) is 0 Å². The van der Waals surface area contributed by atoms with Gasteiger partial charge in [0.05, 0.1) is 11.1 Å². The molecule has 0 fully saturated rings. The minimum Gasteiger partial charge on any atom is -0.330 e. The lowest BCUT2D eigenvalue weighted by atomic mass is 10.1. The Kier molecular flexibility index (Phi) is 5.04. The number of Topliss-reactive ketones (excluding diaryl/α,β-unsaturated/α-hetero) is 1. The summed E-state index contributed by atoms with van der Waals surface area (Å²) >= 11 is 0. The Labute approximate surface area is 128 Å². The Morgan fingerprint density at radius 3 is 2.09 bits per heavy atom. The molecule has 2 rings (SSSR count). The van der Waals surface area contributed by atoms with Crippen molar-refractivity contribution in [1.82, 2.24) is 5.06 Å². The molecule has 2 amide bonds. The zero-order valence-corrected chi connectivity index (χ0v) is 12.3. The van der Waals surface area contributed by atoms with Gasteiger partial charge in [0, 0.05) is 19.3 Å². The number of amides is 2. The summed E-state index contributed by atoms with van der Waals surface area (Å²) in [5, 5.41) is 0.504. The number of ketones is 1. The van der Waals surface area contributed by atoms with Gasteiger partial charge in [-0.1, -0.05) is 24.1 Å². The van der Waals surface area contributed by atoms with Gasteiger partial charge < -0.3 is 4.84 Å². The Morgan fingerprint density at radius 2 is 1.55 bits per heavy atom. The average Bonchev–Trinajstić information content (AvgIpc) is 2.77. The molecule has 0 saturated carbocycles. The summed E-state index contributed by atoms with van der Waals surface area (Å²) in [7, 11) is 0. The second-order valence-corrected chi connectivity index (χ2v) is 5.01. The number of hydroxylamine groups is 2. The average molecular weight is 303 g/mol. The summed E-state index contributed by atoms with van der Waals surface area (Å²) < 4.78 is 0. The van der Waals surface area contributed by atoms with Gasteiger partial charge in [-0.15, -0.1) is 0 Å². The van der Waals surface area contributed by atoms with Gasteiger partial charge in [0.1, 0.15) is 5.78 Å². The van der Waals surface area contributed by atoms with Gasteiger partial charge in [-0.25, -0.2) is 4.79 Å². The van der Waals surface area contributed by atoms with Crippen LogP contribution in [0.4, 0.5) is 0 Å². The maximum Gasteiger partial charge on any atom is 0.333 e. The first kappa shape index (κ1) is 15.9. The molecule has 0 bridgehead atoms. The third kappa shape index (κ3) is 3.39. The van der Waals surface area contributed by atoms with E-state index >= 15 is 0 Å². The summed E-state index contributed by atoms with van der Waals surface area (Å²) in [6.45, 7) is 1.79. The fourth-order valence-electron chi connectivity index (χ4n) is 2.17. The van der Waals surface area contributed by atoms with Crippen molar-refractivity contribution in [3.63, 3.8) is 0 Å². The van der Waals surface area contributed by atoms with Crippen molar-refractivity contribution in [3.05, 3.63) is 35.4 Å². The quantitative estimate of drug-likeness (QED) is 0.570. The molecule has 6 heteroatoms. The number of fused-ring (bicyclic) bond motifs is 1. The standard InChI is InChI=1S/C16H17NO5/c1-2-11(18)7-3-6-10-14(19)22-17-15(20)12-8-4-5-9-13(12)16(17)21/h4-5,8-9H,2-3,6-7,10H2,1H3. The summed E-state index contributed by atoms with van der Waals surface area (Å²) in [5.41, 5.74) is 0.461. The highest BCUT2D eigenvalue weighted by Crippen LogP contribution is 2.23. The summed E-state index contributed by atoms with van der Waals surface area (Å²) in [4.78, 5) is 51.7. The van der Waals surface area contributed by atoms with Crippen LogP contribution in [0.1, 0.15) is 59.7 Å². The van der Waals surface area contributed by atoms with E-state index in [-0.39, 0.29) is 23.3 Å². The van der Waals surface area contributed by atoms with E-state index in [1.54, 1.807) is 19.1 Å². The van der Waals surface area contributed by atoms with Gasteiger partial charge in [-0.3, -0.25) is 14.4 Å². The number of imide groups is 1. The van der Waals surface area contributed by atoms with Gasteiger partial charge >= 0.3 is 5.97 Å². The summed E-state index contributed by atoms with van der Waals surface area (Å²) in [6, 6.07) is 6.31. The second kappa shape index (κ2) is 6.98. The van der Waals surface area contributed by atoms with Crippen LogP contribution >= 0.6 is 0 Å². The van der Waals surface area contributed by atoms with Crippen molar-refractivity contribution in [3.8, 4) is 0 Å². The van der Waals surface area contributed by atoms with Crippen LogP contribution in [0.25, 0.3) is 0 Å². The first-order chi connectivity index (χ1) is 10.5. The predicted molar refractivity (Wildman–Crippen MR) is 76.8 cm³/mol. The Morgan fingerprint density at radius 1 is 1.00 bits per heavy atom. The van der Waals surface area contributed by atoms with E-state index in [4.69, 9.17) is 4.84 Å². The molecule has 0 atom stereocenters. The monoisotopic (exact) mass is 303 g/mol. The van der Waals surface area contributed by atoms with Crippen molar-refractivity contribution < 1.29 is 24.0 Å². The molecule has 1 aromatic rings. The number of benzene rings is 1.